The minimum absolute atomic E-state index is 0.386. The molecular weight excluding hydrogens is 132 g/mol. The number of carbonyl (C=O) groups is 1. The fraction of sp³-hybridized carbons (Fsp3) is 0.600. The summed E-state index contributed by atoms with van der Waals surface area (Å²) in [7, 11) is 0. The molecule has 0 bridgehead atoms. The first kappa shape index (κ1) is 8.56. The quantitative estimate of drug-likeness (QED) is 0.350. The van der Waals surface area contributed by atoms with Crippen molar-refractivity contribution in [3.63, 3.8) is 0 Å². The Morgan fingerprint density at radius 1 is 1.70 bits per heavy atom. The van der Waals surface area contributed by atoms with Gasteiger partial charge in [-0.25, -0.2) is 5.43 Å². The summed E-state index contributed by atoms with van der Waals surface area (Å²) >= 11 is 0. The smallest absolute Gasteiger partial charge is 0.228 e. The maximum absolute atomic E-state index is 9.63. The van der Waals surface area contributed by atoms with Crippen molar-refractivity contribution in [3.05, 3.63) is 0 Å². The van der Waals surface area contributed by atoms with E-state index in [-0.39, 0.29) is 0 Å². The van der Waals surface area contributed by atoms with Crippen LogP contribution in [0.2, 0.25) is 0 Å². The monoisotopic (exact) mass is 140 g/mol. The van der Waals surface area contributed by atoms with E-state index in [0.717, 1.165) is 0 Å². The molecule has 0 heterocycles. The normalized spacial score (nSPS) is 10.9. The number of amides is 1. The van der Waals surface area contributed by atoms with Crippen molar-refractivity contribution >= 4 is 6.41 Å². The molecule has 0 aromatic rings. The third-order valence-corrected chi connectivity index (χ3v) is 0.684. The Morgan fingerprint density at radius 2 is 2.30 bits per heavy atom. The molecule has 0 atom stereocenters. The van der Waals surface area contributed by atoms with Crippen LogP contribution >= 0.6 is 0 Å². The Balaban J connectivity index is 3.89. The largest absolute Gasteiger partial charge is 0.277 e. The molecule has 54 valence electrons. The molecule has 0 aliphatic carbocycles. The lowest BCUT2D eigenvalue weighted by Crippen LogP contribution is -2.13. The van der Waals surface area contributed by atoms with E-state index in [1.807, 2.05) is 11.5 Å². The molecule has 0 unspecified atom stereocenters. The zero-order valence-corrected chi connectivity index (χ0v) is 5.83. The maximum atomic E-state index is 9.63. The average molecular weight is 140 g/mol. The van der Waals surface area contributed by atoms with Crippen LogP contribution in [0.4, 0.5) is 0 Å². The average Bonchev–Trinajstić information content (AvgIpc) is 1.89. The summed E-state index contributed by atoms with van der Waals surface area (Å²) in [6.07, 6.45) is 0.386. The van der Waals surface area contributed by atoms with E-state index in [2.05, 4.69) is 10.3 Å². The highest BCUT2D eigenvalue weighted by atomic mass is 16.1. The minimum atomic E-state index is -0.865. The van der Waals surface area contributed by atoms with Crippen molar-refractivity contribution in [2.75, 3.05) is 0 Å². The number of nitrogens with one attached hydrogen (secondary N) is 1. The van der Waals surface area contributed by atoms with Gasteiger partial charge >= 0.3 is 0 Å². The minimum Gasteiger partial charge on any atom is -0.277 e. The predicted molar refractivity (Wildman–Crippen MR) is 33.7 cm³/mol. The summed E-state index contributed by atoms with van der Waals surface area (Å²) in [4.78, 5) is 9.63. The van der Waals surface area contributed by atoms with Gasteiger partial charge in [-0.1, -0.05) is 5.22 Å². The van der Waals surface area contributed by atoms with Gasteiger partial charge in [-0.2, -0.15) is 5.26 Å². The van der Waals surface area contributed by atoms with Gasteiger partial charge in [-0.3, -0.25) is 4.79 Å². The van der Waals surface area contributed by atoms with E-state index in [4.69, 9.17) is 5.26 Å². The van der Waals surface area contributed by atoms with E-state index in [1.165, 1.54) is 0 Å². The lowest BCUT2D eigenvalue weighted by atomic mass is 10.1. The van der Waals surface area contributed by atoms with Gasteiger partial charge in [0.2, 0.25) is 6.41 Å². The highest BCUT2D eigenvalue weighted by Crippen LogP contribution is 2.05. The van der Waals surface area contributed by atoms with Crippen LogP contribution in [0.25, 0.3) is 0 Å². The van der Waals surface area contributed by atoms with Crippen LogP contribution in [0.15, 0.2) is 10.3 Å². The van der Waals surface area contributed by atoms with Gasteiger partial charge in [0.15, 0.2) is 5.54 Å². The highest BCUT2D eigenvalue weighted by molar-refractivity contribution is 5.44. The van der Waals surface area contributed by atoms with Crippen LogP contribution in [-0.4, -0.2) is 11.9 Å². The van der Waals surface area contributed by atoms with Gasteiger partial charge in [0.05, 0.1) is 6.07 Å². The number of nitrogens with zero attached hydrogens (tertiary/aromatic N) is 3. The first-order valence-corrected chi connectivity index (χ1v) is 2.65. The number of hydrogen-bond acceptors (Lipinski definition) is 4. The second-order valence-corrected chi connectivity index (χ2v) is 2.12. The van der Waals surface area contributed by atoms with Crippen molar-refractivity contribution in [1.29, 1.82) is 5.26 Å². The van der Waals surface area contributed by atoms with Crippen LogP contribution in [-0.2, 0) is 4.79 Å². The van der Waals surface area contributed by atoms with Crippen LogP contribution < -0.4 is 5.43 Å². The second-order valence-electron chi connectivity index (χ2n) is 2.12. The lowest BCUT2D eigenvalue weighted by molar-refractivity contribution is -0.109. The van der Waals surface area contributed by atoms with Crippen LogP contribution in [0.5, 0.6) is 0 Å². The summed E-state index contributed by atoms with van der Waals surface area (Å²) in [6, 6.07) is 1.88. The topological polar surface area (TPSA) is 77.6 Å². The molecule has 0 fully saturated rings. The maximum Gasteiger partial charge on any atom is 0.228 e. The molecule has 0 rings (SSSR count). The molecule has 0 radical (unpaired) electrons. The SMILES string of the molecule is CC(C)(C#N)N=NNC=O. The third-order valence-electron chi connectivity index (χ3n) is 0.684. The van der Waals surface area contributed by atoms with Gasteiger partial charge in [0.1, 0.15) is 0 Å². The number of hydrogen-bond donors (Lipinski definition) is 1. The summed E-state index contributed by atoms with van der Waals surface area (Å²) in [5.74, 6) is 0. The van der Waals surface area contributed by atoms with E-state index >= 15 is 0 Å². The first-order valence-electron chi connectivity index (χ1n) is 2.65. The standard InChI is InChI=1S/C5H8N4O/c1-5(2,3-6)8-9-7-4-10/h4H,1-2H3,(H,7,8,10). The molecule has 10 heavy (non-hydrogen) atoms. The van der Waals surface area contributed by atoms with Gasteiger partial charge in [-0.05, 0) is 13.8 Å². The molecule has 0 aliphatic heterocycles. The molecule has 5 heteroatoms. The molecule has 0 aromatic carbocycles. The Morgan fingerprint density at radius 3 is 2.70 bits per heavy atom. The van der Waals surface area contributed by atoms with Crippen LogP contribution in [0, 0.1) is 11.3 Å². The molecule has 1 N–H and O–H groups in total. The molecule has 0 aromatic heterocycles. The van der Waals surface area contributed by atoms with Gasteiger partial charge in [0, 0.05) is 0 Å². The highest BCUT2D eigenvalue weighted by Gasteiger charge is 2.13. The number of rotatable bonds is 3. The van der Waals surface area contributed by atoms with E-state index in [9.17, 15) is 4.79 Å². The lowest BCUT2D eigenvalue weighted by Gasteiger charge is -2.03. The van der Waals surface area contributed by atoms with E-state index in [0.29, 0.717) is 6.41 Å². The van der Waals surface area contributed by atoms with E-state index < -0.39 is 5.54 Å². The Hall–Kier alpha value is -1.44. The fourth-order valence-electron chi connectivity index (χ4n) is 0.200. The zero-order valence-electron chi connectivity index (χ0n) is 5.83. The molecule has 0 saturated heterocycles. The van der Waals surface area contributed by atoms with Gasteiger partial charge < -0.3 is 0 Å². The summed E-state index contributed by atoms with van der Waals surface area (Å²) in [5, 5.41) is 15.1. The molecule has 0 spiro atoms. The second kappa shape index (κ2) is 3.56. The molecule has 5 nitrogen and oxygen atoms in total. The summed E-state index contributed by atoms with van der Waals surface area (Å²) in [6.45, 7) is 3.17. The van der Waals surface area contributed by atoms with Crippen molar-refractivity contribution in [1.82, 2.24) is 5.43 Å². The van der Waals surface area contributed by atoms with Crippen molar-refractivity contribution in [2.45, 2.75) is 19.4 Å². The van der Waals surface area contributed by atoms with Crippen molar-refractivity contribution in [3.8, 4) is 6.07 Å². The third kappa shape index (κ3) is 3.55. The Bertz CT molecular complexity index is 179. The zero-order chi connectivity index (χ0) is 8.04. The molecule has 1 amide bonds. The molecule has 0 aliphatic rings. The van der Waals surface area contributed by atoms with Crippen LogP contribution in [0.3, 0.4) is 0 Å². The van der Waals surface area contributed by atoms with Gasteiger partial charge in [-0.15, -0.1) is 5.11 Å². The van der Waals surface area contributed by atoms with Crippen molar-refractivity contribution < 1.29 is 4.79 Å². The fourth-order valence-corrected chi connectivity index (χ4v) is 0.200. The Labute approximate surface area is 58.7 Å². The van der Waals surface area contributed by atoms with Crippen molar-refractivity contribution in [2.24, 2.45) is 10.3 Å². The first-order chi connectivity index (χ1) is 4.62. The molecule has 0 saturated carbocycles. The number of carbonyl (C=O) groups excluding carboxylic acids is 1. The molecular formula is C5H8N4O. The summed E-state index contributed by atoms with van der Waals surface area (Å²) in [5.41, 5.74) is 1.10. The van der Waals surface area contributed by atoms with E-state index in [1.54, 1.807) is 13.8 Å². The van der Waals surface area contributed by atoms with Crippen LogP contribution in [0.1, 0.15) is 13.8 Å². The number of nitriles is 1. The Kier molecular flexibility index (Phi) is 3.05. The predicted octanol–water partition coefficient (Wildman–Crippen LogP) is 0.402. The van der Waals surface area contributed by atoms with Gasteiger partial charge in [0.25, 0.3) is 0 Å². The summed E-state index contributed by atoms with van der Waals surface area (Å²) < 4.78 is 0.